The molecule has 1 amide bonds. The molecule has 2 N–H and O–H groups in total. The summed E-state index contributed by atoms with van der Waals surface area (Å²) in [4.78, 5) is 12.3. The fourth-order valence-corrected chi connectivity index (χ4v) is 2.51. The molecule has 0 bridgehead atoms. The van der Waals surface area contributed by atoms with Crippen LogP contribution in [0.25, 0.3) is 0 Å². The molecule has 1 unspecified atom stereocenters. The number of hydrogen-bond donors (Lipinski definition) is 2. The van der Waals surface area contributed by atoms with Crippen LogP contribution < -0.4 is 10.6 Å². The molecule has 1 aliphatic heterocycles. The van der Waals surface area contributed by atoms with E-state index in [0.717, 1.165) is 35.6 Å². The predicted octanol–water partition coefficient (Wildman–Crippen LogP) is 1.21. The number of carbonyl (C=O) groups is 1. The average Bonchev–Trinajstić information content (AvgIpc) is 2.95. The number of nitrogens with zero attached hydrogens (tertiary/aromatic N) is 4. The highest BCUT2D eigenvalue weighted by atomic mass is 16.2. The molecule has 106 valence electrons. The zero-order valence-electron chi connectivity index (χ0n) is 11.8. The summed E-state index contributed by atoms with van der Waals surface area (Å²) >= 11 is 0. The molecule has 7 nitrogen and oxygen atoms in total. The minimum atomic E-state index is -0.430. The summed E-state index contributed by atoms with van der Waals surface area (Å²) < 4.78 is 3.47. The van der Waals surface area contributed by atoms with Gasteiger partial charge in [-0.25, -0.2) is 0 Å². The smallest absolute Gasteiger partial charge is 0.251 e. The summed E-state index contributed by atoms with van der Waals surface area (Å²) in [5, 5.41) is 14.8. The molecule has 0 aliphatic carbocycles. The average molecular weight is 274 g/mol. The fraction of sp³-hybridized carbons (Fsp3) is 0.462. The molecule has 3 heterocycles. The van der Waals surface area contributed by atoms with E-state index < -0.39 is 6.04 Å². The summed E-state index contributed by atoms with van der Waals surface area (Å²) in [5.74, 6) is 0.776. The van der Waals surface area contributed by atoms with Crippen LogP contribution in [0, 0.1) is 0 Å². The Kier molecular flexibility index (Phi) is 2.96. The van der Waals surface area contributed by atoms with Crippen molar-refractivity contribution in [2.45, 2.75) is 25.8 Å². The highest BCUT2D eigenvalue weighted by molar-refractivity contribution is 6.03. The van der Waals surface area contributed by atoms with Crippen molar-refractivity contribution in [2.24, 2.45) is 14.1 Å². The van der Waals surface area contributed by atoms with E-state index in [2.05, 4.69) is 27.8 Å². The number of aryl methyl sites for hydroxylation is 3. The molecular formula is C13H18N6O. The molecule has 3 rings (SSSR count). The molecule has 7 heteroatoms. The molecule has 2 aromatic rings. The van der Waals surface area contributed by atoms with Gasteiger partial charge in [-0.1, -0.05) is 13.3 Å². The van der Waals surface area contributed by atoms with Crippen LogP contribution in [0.15, 0.2) is 12.4 Å². The van der Waals surface area contributed by atoms with Gasteiger partial charge in [0.15, 0.2) is 0 Å². The minimum absolute atomic E-state index is 0.0733. The van der Waals surface area contributed by atoms with Crippen molar-refractivity contribution < 1.29 is 4.79 Å². The number of anilines is 2. The molecular weight excluding hydrogens is 256 g/mol. The molecule has 0 radical (unpaired) electrons. The van der Waals surface area contributed by atoms with E-state index in [-0.39, 0.29) is 5.91 Å². The number of rotatable bonds is 3. The van der Waals surface area contributed by atoms with Gasteiger partial charge >= 0.3 is 0 Å². The molecule has 0 saturated carbocycles. The van der Waals surface area contributed by atoms with Crippen molar-refractivity contribution >= 4 is 17.4 Å². The van der Waals surface area contributed by atoms with E-state index in [9.17, 15) is 4.79 Å². The number of carbonyl (C=O) groups excluding carboxylic acids is 1. The maximum atomic E-state index is 12.3. The van der Waals surface area contributed by atoms with Gasteiger partial charge in [-0.05, 0) is 6.42 Å². The molecule has 0 aromatic carbocycles. The normalized spacial score (nSPS) is 17.6. The third-order valence-electron chi connectivity index (χ3n) is 3.46. The Hall–Kier alpha value is -2.31. The van der Waals surface area contributed by atoms with E-state index in [1.165, 1.54) is 0 Å². The molecule has 1 aliphatic rings. The van der Waals surface area contributed by atoms with E-state index in [4.69, 9.17) is 0 Å². The van der Waals surface area contributed by atoms with Crippen molar-refractivity contribution in [3.05, 3.63) is 23.7 Å². The number of aromatic nitrogens is 4. The van der Waals surface area contributed by atoms with Gasteiger partial charge in [0.1, 0.15) is 17.5 Å². The van der Waals surface area contributed by atoms with Crippen molar-refractivity contribution in [2.75, 3.05) is 10.6 Å². The zero-order chi connectivity index (χ0) is 14.3. The third-order valence-corrected chi connectivity index (χ3v) is 3.46. The SMILES string of the molecule is CCCc1nn(C)c2c1NC(=O)C(c1cnn(C)c1)N2. The first-order valence-electron chi connectivity index (χ1n) is 6.72. The Balaban J connectivity index is 1.96. The second-order valence-corrected chi connectivity index (χ2v) is 5.06. The highest BCUT2D eigenvalue weighted by Crippen LogP contribution is 2.34. The Morgan fingerprint density at radius 1 is 1.40 bits per heavy atom. The van der Waals surface area contributed by atoms with Crippen LogP contribution in [-0.4, -0.2) is 25.5 Å². The standard InChI is InChI=1S/C13H18N6O/c1-4-5-9-11-12(19(3)17-9)15-10(13(20)16-11)8-6-14-18(2)7-8/h6-7,10,15H,4-5H2,1-3H3,(H,16,20). The number of amides is 1. The maximum Gasteiger partial charge on any atom is 0.251 e. The van der Waals surface area contributed by atoms with Gasteiger partial charge in [-0.15, -0.1) is 0 Å². The summed E-state index contributed by atoms with van der Waals surface area (Å²) in [7, 11) is 3.71. The van der Waals surface area contributed by atoms with Crippen molar-refractivity contribution in [1.29, 1.82) is 0 Å². The van der Waals surface area contributed by atoms with E-state index in [0.29, 0.717) is 0 Å². The first-order valence-corrected chi connectivity index (χ1v) is 6.72. The largest absolute Gasteiger partial charge is 0.353 e. The Morgan fingerprint density at radius 3 is 2.85 bits per heavy atom. The van der Waals surface area contributed by atoms with Crippen molar-refractivity contribution in [3.8, 4) is 0 Å². The van der Waals surface area contributed by atoms with Crippen LogP contribution in [-0.2, 0) is 25.3 Å². The first kappa shape index (κ1) is 12.7. The molecule has 1 atom stereocenters. The topological polar surface area (TPSA) is 76.8 Å². The molecule has 0 spiro atoms. The van der Waals surface area contributed by atoms with E-state index >= 15 is 0 Å². The van der Waals surface area contributed by atoms with Crippen LogP contribution in [0.4, 0.5) is 11.5 Å². The molecule has 0 saturated heterocycles. The van der Waals surface area contributed by atoms with E-state index in [1.54, 1.807) is 15.6 Å². The molecule has 20 heavy (non-hydrogen) atoms. The Labute approximate surface area is 117 Å². The summed E-state index contributed by atoms with van der Waals surface area (Å²) in [6.45, 7) is 2.09. The lowest BCUT2D eigenvalue weighted by Crippen LogP contribution is -2.32. The number of nitrogens with one attached hydrogen (secondary N) is 2. The van der Waals surface area contributed by atoms with Gasteiger partial charge in [-0.2, -0.15) is 10.2 Å². The van der Waals surface area contributed by atoms with Gasteiger partial charge in [0.05, 0.1) is 11.9 Å². The lowest BCUT2D eigenvalue weighted by atomic mass is 10.1. The molecule has 2 aromatic heterocycles. The lowest BCUT2D eigenvalue weighted by Gasteiger charge is -2.24. The quantitative estimate of drug-likeness (QED) is 0.882. The summed E-state index contributed by atoms with van der Waals surface area (Å²) in [5.41, 5.74) is 2.57. The van der Waals surface area contributed by atoms with Gasteiger partial charge < -0.3 is 10.6 Å². The van der Waals surface area contributed by atoms with Crippen LogP contribution in [0.1, 0.15) is 30.6 Å². The van der Waals surface area contributed by atoms with Gasteiger partial charge in [0.25, 0.3) is 5.91 Å². The minimum Gasteiger partial charge on any atom is -0.353 e. The van der Waals surface area contributed by atoms with Crippen LogP contribution in [0.3, 0.4) is 0 Å². The Bertz CT molecular complexity index is 656. The van der Waals surface area contributed by atoms with Crippen LogP contribution >= 0.6 is 0 Å². The Morgan fingerprint density at radius 2 is 2.20 bits per heavy atom. The van der Waals surface area contributed by atoms with Crippen LogP contribution in [0.5, 0.6) is 0 Å². The monoisotopic (exact) mass is 274 g/mol. The first-order chi connectivity index (χ1) is 9.60. The van der Waals surface area contributed by atoms with E-state index in [1.807, 2.05) is 20.3 Å². The third kappa shape index (κ3) is 1.95. The summed E-state index contributed by atoms with van der Waals surface area (Å²) in [6, 6.07) is -0.430. The maximum absolute atomic E-state index is 12.3. The fourth-order valence-electron chi connectivity index (χ4n) is 2.51. The number of hydrogen-bond acceptors (Lipinski definition) is 4. The zero-order valence-corrected chi connectivity index (χ0v) is 11.8. The van der Waals surface area contributed by atoms with Gasteiger partial charge in [0, 0.05) is 25.9 Å². The summed E-state index contributed by atoms with van der Waals surface area (Å²) in [6.07, 6.45) is 5.38. The number of fused-ring (bicyclic) bond motifs is 1. The molecule has 0 fully saturated rings. The van der Waals surface area contributed by atoms with Gasteiger partial charge in [0.2, 0.25) is 0 Å². The van der Waals surface area contributed by atoms with Gasteiger partial charge in [-0.3, -0.25) is 14.2 Å². The van der Waals surface area contributed by atoms with Crippen molar-refractivity contribution in [3.63, 3.8) is 0 Å². The van der Waals surface area contributed by atoms with Crippen molar-refractivity contribution in [1.82, 2.24) is 19.6 Å². The second kappa shape index (κ2) is 4.66. The highest BCUT2D eigenvalue weighted by Gasteiger charge is 2.32. The second-order valence-electron chi connectivity index (χ2n) is 5.06. The van der Waals surface area contributed by atoms with Crippen LogP contribution in [0.2, 0.25) is 0 Å². The predicted molar refractivity (Wildman–Crippen MR) is 75.4 cm³/mol. The lowest BCUT2D eigenvalue weighted by molar-refractivity contribution is -0.117.